The highest BCUT2D eigenvalue weighted by Gasteiger charge is 2.26. The maximum Gasteiger partial charge on any atom is 0.0666 e. The highest BCUT2D eigenvalue weighted by atomic mass is 32.1. The molecule has 0 saturated carbocycles. The van der Waals surface area contributed by atoms with Crippen molar-refractivity contribution in [2.45, 2.75) is 33.6 Å². The molecule has 0 aliphatic rings. The number of hydrogen-bond donors (Lipinski definition) is 1. The normalized spacial score (nSPS) is 13.9. The van der Waals surface area contributed by atoms with Crippen molar-refractivity contribution in [3.8, 4) is 6.07 Å². The van der Waals surface area contributed by atoms with Crippen LogP contribution in [0.25, 0.3) is 0 Å². The first-order valence-corrected chi connectivity index (χ1v) is 6.35. The van der Waals surface area contributed by atoms with E-state index in [1.165, 1.54) is 0 Å². The minimum Gasteiger partial charge on any atom is -0.304 e. The molecule has 0 aliphatic carbocycles. The molecule has 0 N–H and O–H groups in total. The Kier molecular flexibility index (Phi) is 7.04. The molecule has 0 aromatic heterocycles. The largest absolute Gasteiger partial charge is 0.304 e. The predicted molar refractivity (Wildman–Crippen MR) is 69.1 cm³/mol. The highest BCUT2D eigenvalue weighted by Crippen LogP contribution is 2.28. The molecule has 0 amide bonds. The van der Waals surface area contributed by atoms with Crippen LogP contribution in [-0.4, -0.2) is 30.8 Å². The Morgan fingerprint density at radius 3 is 2.27 bits per heavy atom. The van der Waals surface area contributed by atoms with E-state index in [2.05, 4.69) is 44.5 Å². The van der Waals surface area contributed by atoms with Gasteiger partial charge in [0.15, 0.2) is 0 Å². The van der Waals surface area contributed by atoms with Gasteiger partial charge in [0, 0.05) is 13.1 Å². The fraction of sp³-hybridized carbons (Fsp3) is 0.917. The lowest BCUT2D eigenvalue weighted by Crippen LogP contribution is -2.38. The van der Waals surface area contributed by atoms with Crippen molar-refractivity contribution in [3.05, 3.63) is 0 Å². The number of hydrogen-bond acceptors (Lipinski definition) is 3. The van der Waals surface area contributed by atoms with E-state index >= 15 is 0 Å². The van der Waals surface area contributed by atoms with E-state index in [1.807, 2.05) is 6.92 Å². The zero-order valence-electron chi connectivity index (χ0n) is 10.5. The van der Waals surface area contributed by atoms with Crippen molar-refractivity contribution in [1.29, 1.82) is 5.26 Å². The molecule has 88 valence electrons. The monoisotopic (exact) mass is 228 g/mol. The summed E-state index contributed by atoms with van der Waals surface area (Å²) in [7, 11) is 2.09. The summed E-state index contributed by atoms with van der Waals surface area (Å²) in [5.41, 5.74) is 0.313. The second-order valence-corrected chi connectivity index (χ2v) is 4.91. The Hall–Kier alpha value is -0.200. The molecule has 0 aromatic rings. The van der Waals surface area contributed by atoms with E-state index in [0.29, 0.717) is 5.41 Å². The maximum absolute atomic E-state index is 8.76. The molecule has 0 radical (unpaired) electrons. The van der Waals surface area contributed by atoms with Gasteiger partial charge in [0.05, 0.1) is 12.0 Å². The molecule has 1 atom stereocenters. The van der Waals surface area contributed by atoms with Gasteiger partial charge in [-0.1, -0.05) is 13.8 Å². The van der Waals surface area contributed by atoms with Crippen LogP contribution in [0.4, 0.5) is 0 Å². The highest BCUT2D eigenvalue weighted by molar-refractivity contribution is 7.80. The Labute approximate surface area is 100 Å². The van der Waals surface area contributed by atoms with Gasteiger partial charge in [0.2, 0.25) is 0 Å². The Morgan fingerprint density at radius 1 is 1.40 bits per heavy atom. The zero-order valence-corrected chi connectivity index (χ0v) is 11.3. The van der Waals surface area contributed by atoms with Crippen molar-refractivity contribution in [2.75, 3.05) is 25.9 Å². The summed E-state index contributed by atoms with van der Waals surface area (Å²) in [6.45, 7) is 8.31. The van der Waals surface area contributed by atoms with Gasteiger partial charge in [-0.2, -0.15) is 17.9 Å². The van der Waals surface area contributed by atoms with Crippen LogP contribution in [0.3, 0.4) is 0 Å². The zero-order chi connectivity index (χ0) is 11.9. The molecule has 0 aliphatic heterocycles. The van der Waals surface area contributed by atoms with Gasteiger partial charge in [-0.05, 0) is 38.0 Å². The lowest BCUT2D eigenvalue weighted by molar-refractivity contribution is 0.176. The molecular weight excluding hydrogens is 204 g/mol. The fourth-order valence-electron chi connectivity index (χ4n) is 1.89. The van der Waals surface area contributed by atoms with Crippen LogP contribution in [0.5, 0.6) is 0 Å². The van der Waals surface area contributed by atoms with E-state index in [-0.39, 0.29) is 5.92 Å². The van der Waals surface area contributed by atoms with Crippen LogP contribution in [0.2, 0.25) is 0 Å². The third kappa shape index (κ3) is 4.90. The van der Waals surface area contributed by atoms with Crippen LogP contribution < -0.4 is 0 Å². The summed E-state index contributed by atoms with van der Waals surface area (Å²) in [4.78, 5) is 2.26. The molecule has 0 saturated heterocycles. The molecular formula is C12H24N2S. The fourth-order valence-corrected chi connectivity index (χ4v) is 2.44. The van der Waals surface area contributed by atoms with Crippen molar-refractivity contribution in [1.82, 2.24) is 4.90 Å². The van der Waals surface area contributed by atoms with Crippen molar-refractivity contribution in [2.24, 2.45) is 11.3 Å². The summed E-state index contributed by atoms with van der Waals surface area (Å²) in [6.07, 6.45) is 2.30. The van der Waals surface area contributed by atoms with E-state index in [1.54, 1.807) is 0 Å². The lowest BCUT2D eigenvalue weighted by Gasteiger charge is -2.34. The molecule has 0 spiro atoms. The molecule has 0 bridgehead atoms. The second-order valence-electron chi connectivity index (χ2n) is 4.59. The maximum atomic E-state index is 8.76. The van der Waals surface area contributed by atoms with Gasteiger partial charge in [-0.3, -0.25) is 0 Å². The number of thiol groups is 1. The molecule has 1 unspecified atom stereocenters. The van der Waals surface area contributed by atoms with Gasteiger partial charge >= 0.3 is 0 Å². The first-order chi connectivity index (χ1) is 7.03. The Balaban J connectivity index is 4.24. The third-order valence-corrected chi connectivity index (χ3v) is 3.92. The molecule has 0 fully saturated rings. The van der Waals surface area contributed by atoms with E-state index < -0.39 is 0 Å². The Bertz CT molecular complexity index is 198. The number of rotatable bonds is 7. The molecule has 0 rings (SSSR count). The standard InChI is InChI=1S/C12H24N2S/c1-5-12(6-2,10-15)9-14(4)8-11(3)7-13/h11,15H,5-6,8-10H2,1-4H3. The molecule has 0 heterocycles. The van der Waals surface area contributed by atoms with E-state index in [9.17, 15) is 0 Å². The van der Waals surface area contributed by atoms with Crippen molar-refractivity contribution in [3.63, 3.8) is 0 Å². The van der Waals surface area contributed by atoms with Crippen LogP contribution >= 0.6 is 12.6 Å². The van der Waals surface area contributed by atoms with Gasteiger partial charge < -0.3 is 4.90 Å². The van der Waals surface area contributed by atoms with E-state index in [4.69, 9.17) is 5.26 Å². The average Bonchev–Trinajstić information content (AvgIpc) is 2.26. The average molecular weight is 228 g/mol. The predicted octanol–water partition coefficient (Wildman–Crippen LogP) is 2.81. The van der Waals surface area contributed by atoms with E-state index in [0.717, 1.165) is 31.7 Å². The van der Waals surface area contributed by atoms with Crippen LogP contribution in [0.1, 0.15) is 33.6 Å². The van der Waals surface area contributed by atoms with Crippen molar-refractivity contribution < 1.29 is 0 Å². The van der Waals surface area contributed by atoms with Crippen LogP contribution in [0.15, 0.2) is 0 Å². The van der Waals surface area contributed by atoms with Crippen molar-refractivity contribution >= 4 is 12.6 Å². The quantitative estimate of drug-likeness (QED) is 0.678. The molecule has 15 heavy (non-hydrogen) atoms. The SMILES string of the molecule is CCC(CC)(CS)CN(C)CC(C)C#N. The minimum absolute atomic E-state index is 0.112. The lowest BCUT2D eigenvalue weighted by atomic mass is 9.84. The summed E-state index contributed by atoms with van der Waals surface area (Å²) in [5.74, 6) is 1.03. The van der Waals surface area contributed by atoms with Gasteiger partial charge in [0.1, 0.15) is 0 Å². The molecule has 2 nitrogen and oxygen atoms in total. The summed E-state index contributed by atoms with van der Waals surface area (Å²) >= 11 is 4.46. The second kappa shape index (κ2) is 7.14. The topological polar surface area (TPSA) is 27.0 Å². The first kappa shape index (κ1) is 14.8. The molecule has 0 aromatic carbocycles. The van der Waals surface area contributed by atoms with Gasteiger partial charge in [-0.25, -0.2) is 0 Å². The summed E-state index contributed by atoms with van der Waals surface area (Å²) in [5, 5.41) is 8.76. The molecule has 3 heteroatoms. The summed E-state index contributed by atoms with van der Waals surface area (Å²) < 4.78 is 0. The minimum atomic E-state index is 0.112. The Morgan fingerprint density at radius 2 is 1.93 bits per heavy atom. The first-order valence-electron chi connectivity index (χ1n) is 5.72. The van der Waals surface area contributed by atoms with Crippen LogP contribution in [0, 0.1) is 22.7 Å². The van der Waals surface area contributed by atoms with Gasteiger partial charge in [-0.15, -0.1) is 0 Å². The van der Waals surface area contributed by atoms with Crippen LogP contribution in [-0.2, 0) is 0 Å². The smallest absolute Gasteiger partial charge is 0.0666 e. The summed E-state index contributed by atoms with van der Waals surface area (Å²) in [6, 6.07) is 2.27. The number of nitrogens with zero attached hydrogens (tertiary/aromatic N) is 2. The van der Waals surface area contributed by atoms with Gasteiger partial charge in [0.25, 0.3) is 0 Å². The third-order valence-electron chi connectivity index (χ3n) is 3.25. The number of nitriles is 1.